The largest absolute Gasteiger partial charge is 0.271 e. The topological polar surface area (TPSA) is 38.0 Å². The zero-order valence-electron chi connectivity index (χ0n) is 11.5. The molecule has 2 aliphatic carbocycles. The van der Waals surface area contributed by atoms with Crippen molar-refractivity contribution in [2.24, 2.45) is 23.6 Å². The van der Waals surface area contributed by atoms with Crippen LogP contribution in [0, 0.1) is 17.8 Å². The Hall–Kier alpha value is -0.0800. The van der Waals surface area contributed by atoms with E-state index in [9.17, 15) is 0 Å². The fraction of sp³-hybridized carbons (Fsp3) is 1.00. The third kappa shape index (κ3) is 3.96. The molecule has 2 fully saturated rings. The molecule has 2 nitrogen and oxygen atoms in total. The first-order valence-electron chi connectivity index (χ1n) is 7.75. The Bertz CT molecular complexity index is 203. The summed E-state index contributed by atoms with van der Waals surface area (Å²) >= 11 is 0. The molecule has 2 aliphatic rings. The molecule has 3 N–H and O–H groups in total. The second kappa shape index (κ2) is 6.75. The van der Waals surface area contributed by atoms with Crippen molar-refractivity contribution in [3.8, 4) is 0 Å². The second-order valence-electron chi connectivity index (χ2n) is 6.53. The van der Waals surface area contributed by atoms with E-state index in [1.807, 2.05) is 0 Å². The van der Waals surface area contributed by atoms with Crippen molar-refractivity contribution in [2.75, 3.05) is 0 Å². The molecule has 17 heavy (non-hydrogen) atoms. The van der Waals surface area contributed by atoms with Gasteiger partial charge in [0, 0.05) is 6.04 Å². The highest BCUT2D eigenvalue weighted by atomic mass is 15.2. The van der Waals surface area contributed by atoms with Gasteiger partial charge in [-0.25, -0.2) is 0 Å². The first kappa shape index (κ1) is 13.4. The fourth-order valence-electron chi connectivity index (χ4n) is 3.87. The Labute approximate surface area is 107 Å². The van der Waals surface area contributed by atoms with Gasteiger partial charge in [-0.1, -0.05) is 51.9 Å². The molecular formula is C15H30N2. The van der Waals surface area contributed by atoms with Gasteiger partial charge in [0.1, 0.15) is 0 Å². The molecule has 2 heteroatoms. The first-order valence-corrected chi connectivity index (χ1v) is 7.75. The van der Waals surface area contributed by atoms with E-state index in [1.165, 1.54) is 64.2 Å². The predicted molar refractivity (Wildman–Crippen MR) is 73.4 cm³/mol. The summed E-state index contributed by atoms with van der Waals surface area (Å²) in [6.45, 7) is 2.39. The average Bonchev–Trinajstić information content (AvgIpc) is 2.38. The molecular weight excluding hydrogens is 208 g/mol. The highest BCUT2D eigenvalue weighted by molar-refractivity contribution is 4.82. The Morgan fingerprint density at radius 1 is 1.00 bits per heavy atom. The lowest BCUT2D eigenvalue weighted by atomic mass is 9.75. The van der Waals surface area contributed by atoms with Gasteiger partial charge in [-0.15, -0.1) is 0 Å². The Morgan fingerprint density at radius 2 is 1.65 bits per heavy atom. The van der Waals surface area contributed by atoms with E-state index in [1.54, 1.807) is 0 Å². The second-order valence-corrected chi connectivity index (χ2v) is 6.53. The van der Waals surface area contributed by atoms with Crippen LogP contribution in [-0.2, 0) is 0 Å². The molecule has 0 spiro atoms. The fourth-order valence-corrected chi connectivity index (χ4v) is 3.87. The van der Waals surface area contributed by atoms with E-state index in [0.717, 1.165) is 17.8 Å². The minimum absolute atomic E-state index is 0.589. The first-order chi connectivity index (χ1) is 8.29. The number of hydrogen-bond donors (Lipinski definition) is 2. The summed E-state index contributed by atoms with van der Waals surface area (Å²) in [5.41, 5.74) is 3.13. The van der Waals surface area contributed by atoms with Crippen LogP contribution in [0.2, 0.25) is 0 Å². The van der Waals surface area contributed by atoms with Crippen molar-refractivity contribution in [2.45, 2.75) is 77.2 Å². The van der Waals surface area contributed by atoms with E-state index in [2.05, 4.69) is 12.3 Å². The van der Waals surface area contributed by atoms with Crippen LogP contribution in [0.1, 0.15) is 71.1 Å². The van der Waals surface area contributed by atoms with Crippen molar-refractivity contribution in [3.05, 3.63) is 0 Å². The molecule has 100 valence electrons. The number of nitrogens with two attached hydrogens (primary N) is 1. The van der Waals surface area contributed by atoms with Crippen LogP contribution >= 0.6 is 0 Å². The van der Waals surface area contributed by atoms with Gasteiger partial charge in [0.15, 0.2) is 0 Å². The molecule has 0 heterocycles. The molecule has 0 radical (unpaired) electrons. The van der Waals surface area contributed by atoms with Gasteiger partial charge in [0.05, 0.1) is 0 Å². The molecule has 0 aliphatic heterocycles. The van der Waals surface area contributed by atoms with Gasteiger partial charge in [0.2, 0.25) is 0 Å². The van der Waals surface area contributed by atoms with E-state index < -0.39 is 0 Å². The highest BCUT2D eigenvalue weighted by Crippen LogP contribution is 2.35. The van der Waals surface area contributed by atoms with Crippen LogP contribution in [0.25, 0.3) is 0 Å². The molecule has 0 aromatic carbocycles. The van der Waals surface area contributed by atoms with E-state index >= 15 is 0 Å². The van der Waals surface area contributed by atoms with Gasteiger partial charge >= 0.3 is 0 Å². The summed E-state index contributed by atoms with van der Waals surface area (Å²) in [7, 11) is 0. The van der Waals surface area contributed by atoms with Crippen molar-refractivity contribution in [3.63, 3.8) is 0 Å². The third-order valence-electron chi connectivity index (χ3n) is 5.16. The summed E-state index contributed by atoms with van der Waals surface area (Å²) < 4.78 is 0. The molecule has 0 amide bonds. The molecule has 1 unspecified atom stereocenters. The lowest BCUT2D eigenvalue weighted by molar-refractivity contribution is 0.192. The molecule has 0 saturated heterocycles. The summed E-state index contributed by atoms with van der Waals surface area (Å²) in [6, 6.07) is 0.589. The third-order valence-corrected chi connectivity index (χ3v) is 5.16. The zero-order valence-corrected chi connectivity index (χ0v) is 11.5. The maximum Gasteiger partial charge on any atom is 0.0241 e. The number of hydrogen-bond acceptors (Lipinski definition) is 2. The maximum absolute atomic E-state index is 5.81. The Kier molecular flexibility index (Phi) is 5.30. The van der Waals surface area contributed by atoms with Crippen molar-refractivity contribution >= 4 is 0 Å². The lowest BCUT2D eigenvalue weighted by Crippen LogP contribution is -2.43. The number of hydrazine groups is 1. The van der Waals surface area contributed by atoms with Crippen LogP contribution in [0.3, 0.4) is 0 Å². The smallest absolute Gasteiger partial charge is 0.0241 e. The zero-order chi connectivity index (χ0) is 12.1. The standard InChI is InChI=1S/C15H30N2/c1-12-7-9-14(10-8-12)15(17-16)11-13-5-3-2-4-6-13/h12-15,17H,2-11,16H2,1H3. The van der Waals surface area contributed by atoms with Crippen molar-refractivity contribution < 1.29 is 0 Å². The summed E-state index contributed by atoms with van der Waals surface area (Å²) in [6.07, 6.45) is 14.2. The molecule has 0 bridgehead atoms. The Balaban J connectivity index is 1.78. The van der Waals surface area contributed by atoms with E-state index in [4.69, 9.17) is 5.84 Å². The summed E-state index contributed by atoms with van der Waals surface area (Å²) in [5.74, 6) is 8.54. The minimum Gasteiger partial charge on any atom is -0.271 e. The van der Waals surface area contributed by atoms with E-state index in [-0.39, 0.29) is 0 Å². The van der Waals surface area contributed by atoms with Crippen LogP contribution in [0.15, 0.2) is 0 Å². The SMILES string of the molecule is CC1CCC(C(CC2CCCCC2)NN)CC1. The quantitative estimate of drug-likeness (QED) is 0.580. The van der Waals surface area contributed by atoms with Gasteiger partial charge in [-0.3, -0.25) is 11.3 Å². The molecule has 2 saturated carbocycles. The predicted octanol–water partition coefficient (Wildman–Crippen LogP) is 3.62. The highest BCUT2D eigenvalue weighted by Gasteiger charge is 2.27. The summed E-state index contributed by atoms with van der Waals surface area (Å²) in [5, 5.41) is 0. The van der Waals surface area contributed by atoms with Crippen molar-refractivity contribution in [1.82, 2.24) is 5.43 Å². The maximum atomic E-state index is 5.81. The molecule has 0 aromatic rings. The normalized spacial score (nSPS) is 33.5. The van der Waals surface area contributed by atoms with E-state index in [0.29, 0.717) is 6.04 Å². The Morgan fingerprint density at radius 3 is 2.24 bits per heavy atom. The number of rotatable bonds is 4. The van der Waals surface area contributed by atoms with Gasteiger partial charge in [-0.05, 0) is 37.0 Å². The minimum atomic E-state index is 0.589. The van der Waals surface area contributed by atoms with Crippen LogP contribution in [0.5, 0.6) is 0 Å². The van der Waals surface area contributed by atoms with Gasteiger partial charge in [0.25, 0.3) is 0 Å². The number of nitrogens with one attached hydrogen (secondary N) is 1. The monoisotopic (exact) mass is 238 g/mol. The summed E-state index contributed by atoms with van der Waals surface area (Å²) in [4.78, 5) is 0. The van der Waals surface area contributed by atoms with Gasteiger partial charge in [-0.2, -0.15) is 0 Å². The molecule has 2 rings (SSSR count). The van der Waals surface area contributed by atoms with Crippen LogP contribution in [0.4, 0.5) is 0 Å². The molecule has 1 atom stereocenters. The van der Waals surface area contributed by atoms with Crippen LogP contribution < -0.4 is 11.3 Å². The molecule has 0 aromatic heterocycles. The average molecular weight is 238 g/mol. The lowest BCUT2D eigenvalue weighted by Gasteiger charge is -2.35. The van der Waals surface area contributed by atoms with Crippen LogP contribution in [-0.4, -0.2) is 6.04 Å². The van der Waals surface area contributed by atoms with Gasteiger partial charge < -0.3 is 0 Å². The van der Waals surface area contributed by atoms with Crippen molar-refractivity contribution in [1.29, 1.82) is 0 Å².